The summed E-state index contributed by atoms with van der Waals surface area (Å²) in [6.45, 7) is 12.8. The first-order chi connectivity index (χ1) is 10.2. The van der Waals surface area contributed by atoms with E-state index in [1.54, 1.807) is 0 Å². The van der Waals surface area contributed by atoms with Crippen molar-refractivity contribution in [1.29, 1.82) is 0 Å². The molecule has 0 aromatic heterocycles. The Morgan fingerprint density at radius 1 is 0.957 bits per heavy atom. The second-order valence-corrected chi connectivity index (χ2v) is 8.26. The van der Waals surface area contributed by atoms with E-state index in [0.717, 1.165) is 5.56 Å². The molecular weight excluding hydrogens is 294 g/mol. The van der Waals surface area contributed by atoms with Crippen LogP contribution in [0.5, 0.6) is 0 Å². The molecule has 0 bridgehead atoms. The van der Waals surface area contributed by atoms with Crippen molar-refractivity contribution in [3.05, 3.63) is 64.2 Å². The van der Waals surface area contributed by atoms with Crippen LogP contribution in [0.2, 0.25) is 0 Å². The average Bonchev–Trinajstić information content (AvgIpc) is 2.41. The van der Waals surface area contributed by atoms with Crippen molar-refractivity contribution < 1.29 is 25.1 Å². The van der Waals surface area contributed by atoms with Crippen LogP contribution < -0.4 is 24.2 Å². The Kier molecular flexibility index (Phi) is 6.85. The molecule has 0 heterocycles. The van der Waals surface area contributed by atoms with Crippen LogP contribution >= 0.6 is 8.58 Å². The fourth-order valence-electron chi connectivity index (χ4n) is 2.68. The topological polar surface area (TPSA) is 17.1 Å². The van der Waals surface area contributed by atoms with E-state index in [4.69, 9.17) is 0 Å². The summed E-state index contributed by atoms with van der Waals surface area (Å²) in [6, 6.07) is 12.4. The van der Waals surface area contributed by atoms with Crippen LogP contribution in [0.1, 0.15) is 54.8 Å². The van der Waals surface area contributed by atoms with Crippen molar-refractivity contribution >= 4 is 19.4 Å². The van der Waals surface area contributed by atoms with Crippen molar-refractivity contribution in [2.75, 3.05) is 0 Å². The van der Waals surface area contributed by atoms with Gasteiger partial charge in [0.1, 0.15) is 0 Å². The van der Waals surface area contributed by atoms with Crippen LogP contribution in [-0.2, 0) is 5.41 Å². The fourth-order valence-corrected chi connectivity index (χ4v) is 3.76. The Morgan fingerprint density at radius 2 is 1.43 bits per heavy atom. The van der Waals surface area contributed by atoms with Crippen molar-refractivity contribution in [3.8, 4) is 0 Å². The summed E-state index contributed by atoms with van der Waals surface area (Å²) in [6.07, 6.45) is 0. The van der Waals surface area contributed by atoms with Gasteiger partial charge in [0.05, 0.1) is 0 Å². The molecule has 118 valence electrons. The largest absolute Gasteiger partial charge is 1.00 e. The van der Waals surface area contributed by atoms with E-state index in [-0.39, 0.29) is 39.8 Å². The van der Waals surface area contributed by atoms with Gasteiger partial charge in [-0.05, 0) is 56.8 Å². The van der Waals surface area contributed by atoms with Gasteiger partial charge < -0.3 is 1.43 Å². The van der Waals surface area contributed by atoms with E-state index in [9.17, 15) is 4.79 Å². The molecular formula is C20H26LiOP. The van der Waals surface area contributed by atoms with Gasteiger partial charge >= 0.3 is 18.9 Å². The Labute approximate surface area is 155 Å². The Balaban J connectivity index is 0.00000264. The molecule has 0 aliphatic heterocycles. The first-order valence-corrected chi connectivity index (χ1v) is 8.68. The molecule has 0 fully saturated rings. The van der Waals surface area contributed by atoms with Gasteiger partial charge in [0.25, 0.3) is 0 Å². The van der Waals surface area contributed by atoms with Crippen molar-refractivity contribution in [2.24, 2.45) is 0 Å². The summed E-state index contributed by atoms with van der Waals surface area (Å²) in [7, 11) is 0.194. The summed E-state index contributed by atoms with van der Waals surface area (Å²) >= 11 is 0. The second kappa shape index (κ2) is 7.81. The van der Waals surface area contributed by atoms with Gasteiger partial charge in [-0.15, -0.1) is 0 Å². The predicted molar refractivity (Wildman–Crippen MR) is 99.2 cm³/mol. The smallest absolute Gasteiger partial charge is 1.00 e. The van der Waals surface area contributed by atoms with Gasteiger partial charge in [-0.2, -0.15) is 0 Å². The Bertz CT molecular complexity index is 680. The molecule has 3 heteroatoms. The molecule has 0 spiro atoms. The maximum absolute atomic E-state index is 12.6. The molecule has 0 amide bonds. The minimum absolute atomic E-state index is 0. The minimum atomic E-state index is 0. The number of hydrogen-bond donors (Lipinski definition) is 0. The molecule has 1 nitrogen and oxygen atoms in total. The first kappa shape index (κ1) is 20.2. The van der Waals surface area contributed by atoms with Crippen molar-refractivity contribution in [2.45, 2.75) is 47.0 Å². The van der Waals surface area contributed by atoms with Crippen LogP contribution in [0.15, 0.2) is 36.4 Å². The fraction of sp³-hybridized carbons (Fsp3) is 0.350. The molecule has 1 unspecified atom stereocenters. The van der Waals surface area contributed by atoms with E-state index < -0.39 is 0 Å². The zero-order valence-electron chi connectivity index (χ0n) is 16.4. The quantitative estimate of drug-likeness (QED) is 0.626. The van der Waals surface area contributed by atoms with Crippen LogP contribution in [0.3, 0.4) is 0 Å². The van der Waals surface area contributed by atoms with Crippen molar-refractivity contribution in [3.63, 3.8) is 0 Å². The molecule has 23 heavy (non-hydrogen) atoms. The van der Waals surface area contributed by atoms with E-state index >= 15 is 0 Å². The number of aryl methyl sites for hydroxylation is 3. The minimum Gasteiger partial charge on any atom is -1.00 e. The third kappa shape index (κ3) is 5.05. The second-order valence-electron chi connectivity index (χ2n) is 7.06. The van der Waals surface area contributed by atoms with Crippen molar-refractivity contribution in [1.82, 2.24) is 0 Å². The van der Waals surface area contributed by atoms with Crippen LogP contribution in [0.4, 0.5) is 0 Å². The van der Waals surface area contributed by atoms with E-state index in [2.05, 4.69) is 65.8 Å². The molecule has 0 saturated carbocycles. The number of carbonyl (C=O) groups is 1. The number of benzene rings is 2. The van der Waals surface area contributed by atoms with E-state index in [1.807, 2.05) is 12.1 Å². The molecule has 0 aliphatic rings. The molecule has 0 aliphatic carbocycles. The molecule has 2 rings (SSSR count). The summed E-state index contributed by atoms with van der Waals surface area (Å²) in [4.78, 5) is 12.6. The molecule has 0 saturated heterocycles. The summed E-state index contributed by atoms with van der Waals surface area (Å²) in [5, 5.41) is 1.19. The summed E-state index contributed by atoms with van der Waals surface area (Å²) in [5.74, 6) is 0. The van der Waals surface area contributed by atoms with Crippen LogP contribution in [0.25, 0.3) is 0 Å². The summed E-state index contributed by atoms with van der Waals surface area (Å²) < 4.78 is 0. The Morgan fingerprint density at radius 3 is 1.87 bits per heavy atom. The summed E-state index contributed by atoms with van der Waals surface area (Å²) in [5.41, 5.74) is 6.10. The van der Waals surface area contributed by atoms with E-state index in [1.165, 1.54) is 27.6 Å². The van der Waals surface area contributed by atoms with Crippen LogP contribution in [-0.4, -0.2) is 5.52 Å². The maximum atomic E-state index is 12.6. The van der Waals surface area contributed by atoms with E-state index in [0.29, 0.717) is 0 Å². The Hall–Kier alpha value is -0.863. The van der Waals surface area contributed by atoms with Gasteiger partial charge in [0.2, 0.25) is 0 Å². The SMILES string of the molecule is Cc1cc(C)c(PC(=O)c2ccc(C(C)(C)C)cc2)c(C)c1.[H-].[Li+]. The third-order valence-electron chi connectivity index (χ3n) is 3.93. The average molecular weight is 320 g/mol. The number of carbonyl (C=O) groups excluding carboxylic acids is 1. The predicted octanol–water partition coefficient (Wildman–Crippen LogP) is 2.17. The first-order valence-electron chi connectivity index (χ1n) is 7.68. The van der Waals surface area contributed by atoms with Gasteiger partial charge in [0, 0.05) is 5.56 Å². The molecule has 2 aromatic rings. The molecule has 0 radical (unpaired) electrons. The maximum Gasteiger partial charge on any atom is 1.00 e. The molecule has 2 aromatic carbocycles. The number of hydrogen-bond acceptors (Lipinski definition) is 1. The standard InChI is InChI=1S/C20H25OP.Li.H/c1-13-11-14(2)18(15(3)12-13)22-19(21)16-7-9-17(10-8-16)20(4,5)6;;/h7-12,22H,1-6H3;;/q;+1;-1. The zero-order chi connectivity index (χ0) is 16.5. The van der Waals surface area contributed by atoms with Crippen LogP contribution in [0, 0.1) is 20.8 Å². The van der Waals surface area contributed by atoms with Gasteiger partial charge in [-0.1, -0.05) is 62.7 Å². The third-order valence-corrected chi connectivity index (χ3v) is 5.48. The molecule has 1 atom stereocenters. The van der Waals surface area contributed by atoms with Gasteiger partial charge in [0.15, 0.2) is 5.52 Å². The molecule has 0 N–H and O–H groups in total. The van der Waals surface area contributed by atoms with Gasteiger partial charge in [-0.25, -0.2) is 0 Å². The zero-order valence-corrected chi connectivity index (χ0v) is 16.4. The normalized spacial score (nSPS) is 11.6. The van der Waals surface area contributed by atoms with Gasteiger partial charge in [-0.3, -0.25) is 4.79 Å². The monoisotopic (exact) mass is 320 g/mol. The number of rotatable bonds is 3.